The van der Waals surface area contributed by atoms with Gasteiger partial charge in [-0.2, -0.15) is 39.5 Å². The van der Waals surface area contributed by atoms with E-state index in [2.05, 4.69) is 31.9 Å². The van der Waals surface area contributed by atoms with Gasteiger partial charge in [0, 0.05) is 14.5 Å². The van der Waals surface area contributed by atoms with Crippen molar-refractivity contribution in [3.05, 3.63) is 72.6 Å². The Morgan fingerprint density at radius 1 is 0.975 bits per heavy atom. The van der Waals surface area contributed by atoms with Crippen LogP contribution < -0.4 is 10.6 Å². The van der Waals surface area contributed by atoms with Crippen LogP contribution in [-0.2, 0) is 11.0 Å². The molecule has 2 aromatic carbocycles. The van der Waals surface area contributed by atoms with Crippen molar-refractivity contribution >= 4 is 61.1 Å². The number of hydrogen-bond acceptors (Lipinski definition) is 2. The molecule has 0 spiro atoms. The minimum absolute atomic E-state index is 0.0185. The highest BCUT2D eigenvalue weighted by Crippen LogP contribution is 2.43. The fourth-order valence-corrected chi connectivity index (χ4v) is 4.51. The SMILES string of the molecule is C[C@@H](NC(=O)c1ccc(/C(F)=C/C(c2cc(Br)c(Cl)c(Br)c2)C(F)(F)F)cc1C(F)(F)F)C(=O)NCC(F)(F)F. The molecule has 0 fully saturated rings. The Morgan fingerprint density at radius 2 is 1.52 bits per heavy atom. The van der Waals surface area contributed by atoms with Gasteiger partial charge in [-0.05, 0) is 74.7 Å². The van der Waals surface area contributed by atoms with Gasteiger partial charge in [0.05, 0.1) is 16.1 Å². The van der Waals surface area contributed by atoms with Crippen LogP contribution in [0.4, 0.5) is 43.9 Å². The summed E-state index contributed by atoms with van der Waals surface area (Å²) in [5.41, 5.74) is -4.39. The molecule has 0 bridgehead atoms. The number of nitrogens with one attached hydrogen (secondary N) is 2. The first-order valence-electron chi connectivity index (χ1n) is 10.6. The van der Waals surface area contributed by atoms with E-state index in [0.29, 0.717) is 12.1 Å². The molecular weight excluding hydrogens is 722 g/mol. The van der Waals surface area contributed by atoms with Gasteiger partial charge < -0.3 is 10.6 Å². The van der Waals surface area contributed by atoms with Crippen LogP contribution in [0.3, 0.4) is 0 Å². The first-order valence-corrected chi connectivity index (χ1v) is 12.5. The molecule has 0 aliphatic heterocycles. The Kier molecular flexibility index (Phi) is 10.7. The number of alkyl halides is 9. The highest BCUT2D eigenvalue weighted by molar-refractivity contribution is 9.11. The van der Waals surface area contributed by atoms with Gasteiger partial charge in [-0.25, -0.2) is 4.39 Å². The lowest BCUT2D eigenvalue weighted by atomic mass is 9.95. The second-order valence-electron chi connectivity index (χ2n) is 8.12. The van der Waals surface area contributed by atoms with Gasteiger partial charge in [0.15, 0.2) is 0 Å². The van der Waals surface area contributed by atoms with E-state index in [-0.39, 0.29) is 26.1 Å². The van der Waals surface area contributed by atoms with Crippen molar-refractivity contribution in [3.8, 4) is 0 Å². The summed E-state index contributed by atoms with van der Waals surface area (Å²) in [7, 11) is 0. The number of allylic oxidation sites excluding steroid dienone is 1. The summed E-state index contributed by atoms with van der Waals surface area (Å²) in [6.07, 6.45) is -15.1. The van der Waals surface area contributed by atoms with Crippen molar-refractivity contribution in [2.75, 3.05) is 6.54 Å². The van der Waals surface area contributed by atoms with Crippen LogP contribution in [0.1, 0.15) is 39.9 Å². The highest BCUT2D eigenvalue weighted by Gasteiger charge is 2.41. The first-order chi connectivity index (χ1) is 18.1. The van der Waals surface area contributed by atoms with Crippen LogP contribution in [0.2, 0.25) is 5.02 Å². The molecule has 1 unspecified atom stereocenters. The van der Waals surface area contributed by atoms with Crippen LogP contribution in [0.15, 0.2) is 45.4 Å². The quantitative estimate of drug-likeness (QED) is 0.222. The predicted molar refractivity (Wildman–Crippen MR) is 132 cm³/mol. The van der Waals surface area contributed by atoms with Gasteiger partial charge in [0.25, 0.3) is 5.91 Å². The van der Waals surface area contributed by atoms with Crippen LogP contribution in [0.5, 0.6) is 0 Å². The smallest absolute Gasteiger partial charge is 0.345 e. The van der Waals surface area contributed by atoms with E-state index in [1.807, 2.05) is 0 Å². The van der Waals surface area contributed by atoms with Crippen molar-refractivity contribution in [1.29, 1.82) is 0 Å². The first kappa shape index (κ1) is 33.9. The monoisotopic (exact) mass is 734 g/mol. The number of carbonyl (C=O) groups excluding carboxylic acids is 2. The fraction of sp³-hybridized carbons (Fsp3) is 0.304. The maximum atomic E-state index is 15.0. The Bertz CT molecular complexity index is 1290. The Balaban J connectivity index is 2.45. The van der Waals surface area contributed by atoms with E-state index in [4.69, 9.17) is 11.6 Å². The number of benzene rings is 2. The molecule has 0 saturated heterocycles. The molecule has 40 heavy (non-hydrogen) atoms. The molecular formula is C23H15Br2ClF10N2O2. The van der Waals surface area contributed by atoms with Crippen LogP contribution in [0, 0.1) is 0 Å². The van der Waals surface area contributed by atoms with Crippen molar-refractivity contribution in [3.63, 3.8) is 0 Å². The van der Waals surface area contributed by atoms with Crippen molar-refractivity contribution < 1.29 is 53.5 Å². The predicted octanol–water partition coefficient (Wildman–Crippen LogP) is 8.34. The zero-order valence-electron chi connectivity index (χ0n) is 19.6. The molecule has 0 aromatic heterocycles. The maximum Gasteiger partial charge on any atom is 0.417 e. The van der Waals surface area contributed by atoms with E-state index in [1.165, 1.54) is 5.32 Å². The lowest BCUT2D eigenvalue weighted by Gasteiger charge is -2.20. The average Bonchev–Trinajstić information content (AvgIpc) is 2.81. The molecule has 0 radical (unpaired) electrons. The summed E-state index contributed by atoms with van der Waals surface area (Å²) in [5.74, 6) is -7.24. The maximum absolute atomic E-state index is 15.0. The molecule has 0 aliphatic carbocycles. The Hall–Kier alpha value is -2.33. The lowest BCUT2D eigenvalue weighted by Crippen LogP contribution is -2.47. The Labute approximate surface area is 241 Å². The van der Waals surface area contributed by atoms with Gasteiger partial charge in [0.2, 0.25) is 5.91 Å². The van der Waals surface area contributed by atoms with Gasteiger partial charge >= 0.3 is 18.5 Å². The highest BCUT2D eigenvalue weighted by atomic mass is 79.9. The molecule has 2 rings (SSSR count). The van der Waals surface area contributed by atoms with Crippen molar-refractivity contribution in [2.24, 2.45) is 0 Å². The third-order valence-electron chi connectivity index (χ3n) is 5.08. The third kappa shape index (κ3) is 9.09. The van der Waals surface area contributed by atoms with Crippen LogP contribution in [0.25, 0.3) is 5.83 Å². The number of halogens is 13. The number of hydrogen-bond donors (Lipinski definition) is 2. The van der Waals surface area contributed by atoms with Gasteiger partial charge in [-0.1, -0.05) is 17.7 Å². The second kappa shape index (κ2) is 12.7. The topological polar surface area (TPSA) is 58.2 Å². The molecule has 0 saturated carbocycles. The summed E-state index contributed by atoms with van der Waals surface area (Å²) in [4.78, 5) is 24.1. The van der Waals surface area contributed by atoms with E-state index < -0.39 is 76.9 Å². The molecule has 0 aliphatic rings. The molecule has 2 atom stereocenters. The minimum Gasteiger partial charge on any atom is -0.345 e. The zero-order chi connectivity index (χ0) is 30.8. The van der Waals surface area contributed by atoms with Gasteiger partial charge in [0.1, 0.15) is 24.3 Å². The summed E-state index contributed by atoms with van der Waals surface area (Å²) in [5, 5.41) is 3.24. The normalized spacial score (nSPS) is 14.5. The summed E-state index contributed by atoms with van der Waals surface area (Å²) in [6, 6.07) is 1.35. The van der Waals surface area contributed by atoms with E-state index in [9.17, 15) is 53.5 Å². The molecule has 2 amide bonds. The van der Waals surface area contributed by atoms with E-state index in [1.54, 1.807) is 5.32 Å². The summed E-state index contributed by atoms with van der Waals surface area (Å²) in [6.45, 7) is -0.860. The Morgan fingerprint density at radius 3 is 2.00 bits per heavy atom. The molecule has 17 heteroatoms. The summed E-state index contributed by atoms with van der Waals surface area (Å²) >= 11 is 11.8. The lowest BCUT2D eigenvalue weighted by molar-refractivity contribution is -0.140. The third-order valence-corrected chi connectivity index (χ3v) is 7.19. The van der Waals surface area contributed by atoms with Gasteiger partial charge in [-0.3, -0.25) is 9.59 Å². The molecule has 4 nitrogen and oxygen atoms in total. The van der Waals surface area contributed by atoms with Gasteiger partial charge in [-0.15, -0.1) is 0 Å². The molecule has 220 valence electrons. The molecule has 2 aromatic rings. The zero-order valence-corrected chi connectivity index (χ0v) is 23.5. The van der Waals surface area contributed by atoms with E-state index in [0.717, 1.165) is 19.1 Å². The minimum atomic E-state index is -5.32. The summed E-state index contributed by atoms with van der Waals surface area (Å²) < 4.78 is 134. The standard InChI is InChI=1S/C23H15Br2ClF10N2O2/c1-9(19(39)37-8-21(28,29)30)38-20(40)12-3-2-10(4-14(12)23(34,35)36)17(27)7-13(22(31,32)33)11-5-15(24)18(26)16(25)6-11/h2-7,9,13H,8H2,1H3,(H,37,39)(H,38,40)/b17-7-/t9-,13?/m1/s1. The number of carbonyl (C=O) groups is 2. The van der Waals surface area contributed by atoms with Crippen LogP contribution >= 0.6 is 43.5 Å². The number of amides is 2. The number of rotatable bonds is 7. The van der Waals surface area contributed by atoms with Crippen molar-refractivity contribution in [1.82, 2.24) is 10.6 Å². The largest absolute Gasteiger partial charge is 0.417 e. The molecule has 0 heterocycles. The van der Waals surface area contributed by atoms with E-state index >= 15 is 0 Å². The fourth-order valence-electron chi connectivity index (χ4n) is 3.18. The second-order valence-corrected chi connectivity index (χ2v) is 10.2. The average molecular weight is 737 g/mol. The van der Waals surface area contributed by atoms with Crippen LogP contribution in [-0.4, -0.2) is 36.8 Å². The molecule has 2 N–H and O–H groups in total. The van der Waals surface area contributed by atoms with Crippen molar-refractivity contribution in [2.45, 2.75) is 37.4 Å².